The van der Waals surface area contributed by atoms with Crippen molar-refractivity contribution in [2.45, 2.75) is 26.0 Å². The van der Waals surface area contributed by atoms with Crippen molar-refractivity contribution in [2.24, 2.45) is 5.92 Å². The fourth-order valence-corrected chi connectivity index (χ4v) is 2.33. The lowest BCUT2D eigenvalue weighted by molar-refractivity contribution is 0.296. The lowest BCUT2D eigenvalue weighted by Crippen LogP contribution is -2.17. The van der Waals surface area contributed by atoms with E-state index in [4.69, 9.17) is 9.47 Å². The lowest BCUT2D eigenvalue weighted by Gasteiger charge is -2.13. The summed E-state index contributed by atoms with van der Waals surface area (Å²) in [6.45, 7) is 2.35. The molecule has 1 heterocycles. The number of nitrogens with one attached hydrogen (secondary N) is 1. The Labute approximate surface area is 131 Å². The molecule has 0 aliphatic heterocycles. The molecule has 0 radical (unpaired) electrons. The third kappa shape index (κ3) is 4.21. The Morgan fingerprint density at radius 2 is 2.14 bits per heavy atom. The molecule has 1 fully saturated rings. The van der Waals surface area contributed by atoms with Crippen LogP contribution < -0.4 is 14.8 Å². The number of hydrogen-bond donors (Lipinski definition) is 1. The maximum atomic E-state index is 5.94. The Hall–Kier alpha value is -2.07. The molecular formula is C18H22N2O2. The zero-order valence-corrected chi connectivity index (χ0v) is 12.9. The first-order valence-electron chi connectivity index (χ1n) is 7.75. The number of methoxy groups -OCH3 is 1. The predicted octanol–water partition coefficient (Wildman–Crippen LogP) is 3.17. The second kappa shape index (κ2) is 7.27. The lowest BCUT2D eigenvalue weighted by atomic mass is 10.2. The van der Waals surface area contributed by atoms with Crippen LogP contribution in [0, 0.1) is 5.92 Å². The minimum atomic E-state index is 0.475. The van der Waals surface area contributed by atoms with E-state index in [0.717, 1.165) is 41.8 Å². The van der Waals surface area contributed by atoms with Crippen molar-refractivity contribution in [1.29, 1.82) is 0 Å². The molecule has 0 amide bonds. The molecule has 1 aliphatic rings. The average Bonchev–Trinajstić information content (AvgIpc) is 3.39. The van der Waals surface area contributed by atoms with E-state index in [1.807, 2.05) is 36.4 Å². The van der Waals surface area contributed by atoms with Crippen LogP contribution >= 0.6 is 0 Å². The van der Waals surface area contributed by atoms with Crippen LogP contribution in [0.15, 0.2) is 42.6 Å². The predicted molar refractivity (Wildman–Crippen MR) is 86.0 cm³/mol. The topological polar surface area (TPSA) is 43.4 Å². The van der Waals surface area contributed by atoms with Crippen LogP contribution in [0.5, 0.6) is 11.5 Å². The Bertz CT molecular complexity index is 597. The van der Waals surface area contributed by atoms with Crippen LogP contribution in [0.3, 0.4) is 0 Å². The average molecular weight is 298 g/mol. The van der Waals surface area contributed by atoms with Gasteiger partial charge in [-0.15, -0.1) is 0 Å². The summed E-state index contributed by atoms with van der Waals surface area (Å²) in [5, 5.41) is 3.50. The highest BCUT2D eigenvalue weighted by Crippen LogP contribution is 2.28. The van der Waals surface area contributed by atoms with Gasteiger partial charge < -0.3 is 14.8 Å². The van der Waals surface area contributed by atoms with Gasteiger partial charge in [0.05, 0.1) is 12.8 Å². The molecule has 0 atom stereocenters. The second-order valence-corrected chi connectivity index (χ2v) is 5.66. The molecule has 2 aromatic rings. The van der Waals surface area contributed by atoms with Crippen LogP contribution in [0.4, 0.5) is 0 Å². The van der Waals surface area contributed by atoms with Crippen LogP contribution in [-0.2, 0) is 13.2 Å². The summed E-state index contributed by atoms with van der Waals surface area (Å²) in [6.07, 6.45) is 4.49. The Kier molecular flexibility index (Phi) is 4.91. The highest BCUT2D eigenvalue weighted by Gasteiger charge is 2.20. The maximum absolute atomic E-state index is 5.94. The quantitative estimate of drug-likeness (QED) is 0.813. The van der Waals surface area contributed by atoms with E-state index in [-0.39, 0.29) is 0 Å². The van der Waals surface area contributed by atoms with E-state index in [0.29, 0.717) is 6.61 Å². The van der Waals surface area contributed by atoms with E-state index >= 15 is 0 Å². The summed E-state index contributed by atoms with van der Waals surface area (Å²) < 4.78 is 11.3. The van der Waals surface area contributed by atoms with Gasteiger partial charge in [0, 0.05) is 18.3 Å². The van der Waals surface area contributed by atoms with E-state index in [9.17, 15) is 0 Å². The fourth-order valence-electron chi connectivity index (χ4n) is 2.33. The van der Waals surface area contributed by atoms with Crippen molar-refractivity contribution in [1.82, 2.24) is 10.3 Å². The van der Waals surface area contributed by atoms with Crippen molar-refractivity contribution in [2.75, 3.05) is 13.7 Å². The third-order valence-corrected chi connectivity index (χ3v) is 3.81. The van der Waals surface area contributed by atoms with E-state index in [2.05, 4.69) is 10.3 Å². The van der Waals surface area contributed by atoms with Gasteiger partial charge in [-0.3, -0.25) is 4.98 Å². The summed E-state index contributed by atoms with van der Waals surface area (Å²) >= 11 is 0. The number of hydrogen-bond acceptors (Lipinski definition) is 4. The molecule has 0 bridgehead atoms. The summed E-state index contributed by atoms with van der Waals surface area (Å²) in [6, 6.07) is 11.8. The van der Waals surface area contributed by atoms with Crippen LogP contribution in [0.2, 0.25) is 0 Å². The molecule has 4 nitrogen and oxygen atoms in total. The van der Waals surface area contributed by atoms with Crippen molar-refractivity contribution >= 4 is 0 Å². The first kappa shape index (κ1) is 14.9. The van der Waals surface area contributed by atoms with Crippen molar-refractivity contribution in [3.63, 3.8) is 0 Å². The number of benzene rings is 1. The van der Waals surface area contributed by atoms with Crippen LogP contribution in [0.1, 0.15) is 24.1 Å². The van der Waals surface area contributed by atoms with Crippen LogP contribution in [-0.4, -0.2) is 18.6 Å². The van der Waals surface area contributed by atoms with Crippen molar-refractivity contribution < 1.29 is 9.47 Å². The fraction of sp³-hybridized carbons (Fsp3) is 0.389. The number of nitrogens with zero attached hydrogens (tertiary/aromatic N) is 1. The molecule has 1 aliphatic carbocycles. The maximum Gasteiger partial charge on any atom is 0.130 e. The zero-order valence-electron chi connectivity index (χ0n) is 12.9. The zero-order chi connectivity index (χ0) is 15.2. The minimum Gasteiger partial charge on any atom is -0.497 e. The number of rotatable bonds is 8. The molecule has 116 valence electrons. The molecule has 3 rings (SSSR count). The molecule has 22 heavy (non-hydrogen) atoms. The first-order valence-corrected chi connectivity index (χ1v) is 7.75. The minimum absolute atomic E-state index is 0.475. The first-order chi connectivity index (χ1) is 10.8. The van der Waals surface area contributed by atoms with Gasteiger partial charge in [-0.2, -0.15) is 0 Å². The summed E-state index contributed by atoms with van der Waals surface area (Å²) in [4.78, 5) is 4.29. The smallest absolute Gasteiger partial charge is 0.130 e. The van der Waals surface area contributed by atoms with Gasteiger partial charge in [-0.05, 0) is 55.6 Å². The number of pyridine rings is 1. The number of aromatic nitrogens is 1. The van der Waals surface area contributed by atoms with Crippen LogP contribution in [0.25, 0.3) is 0 Å². The Morgan fingerprint density at radius 3 is 2.86 bits per heavy atom. The molecule has 0 saturated heterocycles. The second-order valence-electron chi connectivity index (χ2n) is 5.66. The van der Waals surface area contributed by atoms with Crippen molar-refractivity contribution in [3.05, 3.63) is 53.9 Å². The van der Waals surface area contributed by atoms with Gasteiger partial charge in [0.15, 0.2) is 0 Å². The summed E-state index contributed by atoms with van der Waals surface area (Å²) in [7, 11) is 1.69. The van der Waals surface area contributed by atoms with Crippen molar-refractivity contribution in [3.8, 4) is 11.5 Å². The third-order valence-electron chi connectivity index (χ3n) is 3.81. The Morgan fingerprint density at radius 1 is 1.23 bits per heavy atom. The highest BCUT2D eigenvalue weighted by molar-refractivity contribution is 5.40. The molecule has 1 N–H and O–H groups in total. The SMILES string of the molecule is COc1ccc(OCc2ccccn2)c(CNCC2CC2)c1. The van der Waals surface area contributed by atoms with Gasteiger partial charge >= 0.3 is 0 Å². The van der Waals surface area contributed by atoms with Gasteiger partial charge in [0.1, 0.15) is 18.1 Å². The molecule has 0 spiro atoms. The molecule has 1 saturated carbocycles. The molecular weight excluding hydrogens is 276 g/mol. The van der Waals surface area contributed by atoms with E-state index < -0.39 is 0 Å². The highest BCUT2D eigenvalue weighted by atomic mass is 16.5. The summed E-state index contributed by atoms with van der Waals surface area (Å²) in [5.74, 6) is 2.60. The molecule has 0 unspecified atom stereocenters. The number of ether oxygens (including phenoxy) is 2. The normalized spacial score (nSPS) is 13.9. The van der Waals surface area contributed by atoms with Gasteiger partial charge in [0.2, 0.25) is 0 Å². The monoisotopic (exact) mass is 298 g/mol. The molecule has 4 heteroatoms. The summed E-state index contributed by atoms with van der Waals surface area (Å²) in [5.41, 5.74) is 2.05. The Balaban J connectivity index is 1.64. The standard InChI is InChI=1S/C18H22N2O2/c1-21-17-7-8-18(22-13-16-4-2-3-9-20-16)15(10-17)12-19-11-14-5-6-14/h2-4,7-10,14,19H,5-6,11-13H2,1H3. The molecule has 1 aromatic carbocycles. The largest absolute Gasteiger partial charge is 0.497 e. The van der Waals surface area contributed by atoms with E-state index in [1.54, 1.807) is 13.3 Å². The van der Waals surface area contributed by atoms with E-state index in [1.165, 1.54) is 12.8 Å². The molecule has 1 aromatic heterocycles. The van der Waals surface area contributed by atoms with Gasteiger partial charge in [-0.25, -0.2) is 0 Å². The van der Waals surface area contributed by atoms with Gasteiger partial charge in [0.25, 0.3) is 0 Å². The van der Waals surface area contributed by atoms with Gasteiger partial charge in [-0.1, -0.05) is 6.07 Å².